The van der Waals surface area contributed by atoms with Crippen molar-refractivity contribution < 1.29 is 39.6 Å². The predicted octanol–water partition coefficient (Wildman–Crippen LogP) is -1.01. The highest BCUT2D eigenvalue weighted by molar-refractivity contribution is 6.09. The Hall–Kier alpha value is -2.24. The standard InChI is InChI=1S/C19H29N3O8/c23-12-5-1-3-10(7-12)21-17(28)15(16(27)20-9-14(25)26)18(29)22(19(21)30)11-4-2-6-13(24)8-11/h10-13,15,17,23-24,28H,1-9H2,(H,20,27)(H,25,26)/t10-,11-,12+,13+,15?,17?/m1/s1. The van der Waals surface area contributed by atoms with Gasteiger partial charge in [0.05, 0.1) is 12.2 Å². The van der Waals surface area contributed by atoms with Gasteiger partial charge in [0.25, 0.3) is 0 Å². The number of carbonyl (C=O) groups is 4. The summed E-state index contributed by atoms with van der Waals surface area (Å²) in [5.41, 5.74) is 0. The van der Waals surface area contributed by atoms with Gasteiger partial charge in [-0.15, -0.1) is 0 Å². The molecule has 3 aliphatic rings. The number of carboxylic acid groups (broad SMARTS) is 1. The van der Waals surface area contributed by atoms with Crippen molar-refractivity contribution in [2.24, 2.45) is 5.92 Å². The molecule has 3 fully saturated rings. The van der Waals surface area contributed by atoms with E-state index in [1.807, 2.05) is 0 Å². The summed E-state index contributed by atoms with van der Waals surface area (Å²) in [5, 5.41) is 41.8. The molecule has 3 rings (SSSR count). The Balaban J connectivity index is 1.91. The monoisotopic (exact) mass is 427 g/mol. The zero-order valence-corrected chi connectivity index (χ0v) is 16.6. The molecule has 11 heteroatoms. The molecule has 1 saturated heterocycles. The van der Waals surface area contributed by atoms with Crippen molar-refractivity contribution in [1.82, 2.24) is 15.1 Å². The molecule has 2 aliphatic carbocycles. The minimum Gasteiger partial charge on any atom is -0.480 e. The molecule has 11 nitrogen and oxygen atoms in total. The summed E-state index contributed by atoms with van der Waals surface area (Å²) < 4.78 is 0. The number of urea groups is 1. The summed E-state index contributed by atoms with van der Waals surface area (Å²) in [7, 11) is 0. The average molecular weight is 427 g/mol. The van der Waals surface area contributed by atoms with E-state index in [1.165, 1.54) is 0 Å². The SMILES string of the molecule is O=C(O)CNC(=O)C1C(=O)N([C@@H]2CCC[C@H](O)C2)C(=O)N([C@@H]2CCC[C@H](O)C2)C1O. The number of aliphatic hydroxyl groups is 3. The van der Waals surface area contributed by atoms with E-state index in [2.05, 4.69) is 5.32 Å². The summed E-state index contributed by atoms with van der Waals surface area (Å²) in [5.74, 6) is -4.87. The Morgan fingerprint density at radius 1 is 0.933 bits per heavy atom. The lowest BCUT2D eigenvalue weighted by atomic mass is 9.87. The van der Waals surface area contributed by atoms with Crippen LogP contribution in [0.4, 0.5) is 4.79 Å². The predicted molar refractivity (Wildman–Crippen MR) is 101 cm³/mol. The second-order valence-corrected chi connectivity index (χ2v) is 8.35. The van der Waals surface area contributed by atoms with Crippen LogP contribution in [0.15, 0.2) is 0 Å². The molecule has 2 saturated carbocycles. The van der Waals surface area contributed by atoms with Crippen LogP contribution >= 0.6 is 0 Å². The Kier molecular flexibility index (Phi) is 6.94. The fraction of sp³-hybridized carbons (Fsp3) is 0.789. The molecular weight excluding hydrogens is 398 g/mol. The van der Waals surface area contributed by atoms with Gasteiger partial charge in [0, 0.05) is 12.1 Å². The van der Waals surface area contributed by atoms with E-state index >= 15 is 0 Å². The fourth-order valence-corrected chi connectivity index (χ4v) is 4.76. The molecular formula is C19H29N3O8. The second kappa shape index (κ2) is 9.27. The molecule has 1 aliphatic heterocycles. The highest BCUT2D eigenvalue weighted by atomic mass is 16.4. The summed E-state index contributed by atoms with van der Waals surface area (Å²) in [4.78, 5) is 51.8. The molecule has 0 radical (unpaired) electrons. The largest absolute Gasteiger partial charge is 0.480 e. The number of imide groups is 1. The Morgan fingerprint density at radius 2 is 1.50 bits per heavy atom. The Labute approximate surface area is 173 Å². The van der Waals surface area contributed by atoms with Crippen molar-refractivity contribution in [3.05, 3.63) is 0 Å². The molecule has 30 heavy (non-hydrogen) atoms. The van der Waals surface area contributed by atoms with Crippen LogP contribution in [-0.2, 0) is 14.4 Å². The molecule has 168 valence electrons. The maximum atomic E-state index is 13.3. The van der Waals surface area contributed by atoms with Crippen LogP contribution in [0, 0.1) is 5.92 Å². The van der Waals surface area contributed by atoms with E-state index in [-0.39, 0.29) is 12.8 Å². The van der Waals surface area contributed by atoms with Gasteiger partial charge < -0.3 is 25.7 Å². The van der Waals surface area contributed by atoms with Gasteiger partial charge in [-0.2, -0.15) is 0 Å². The quantitative estimate of drug-likeness (QED) is 0.348. The molecule has 5 N–H and O–H groups in total. The van der Waals surface area contributed by atoms with E-state index in [0.29, 0.717) is 38.5 Å². The van der Waals surface area contributed by atoms with Gasteiger partial charge in [0.2, 0.25) is 11.8 Å². The Morgan fingerprint density at radius 3 is 2.07 bits per heavy atom. The summed E-state index contributed by atoms with van der Waals surface area (Å²) in [6.07, 6.45) is 0.584. The highest BCUT2D eigenvalue weighted by Gasteiger charge is 2.53. The maximum Gasteiger partial charge on any atom is 0.329 e. The van der Waals surface area contributed by atoms with Crippen LogP contribution in [0.25, 0.3) is 0 Å². The van der Waals surface area contributed by atoms with E-state index in [4.69, 9.17) is 5.11 Å². The van der Waals surface area contributed by atoms with Crippen LogP contribution in [-0.4, -0.2) is 91.1 Å². The maximum absolute atomic E-state index is 13.3. The van der Waals surface area contributed by atoms with Crippen LogP contribution in [0.5, 0.6) is 0 Å². The van der Waals surface area contributed by atoms with Gasteiger partial charge in [0.1, 0.15) is 6.54 Å². The Bertz CT molecular complexity index is 701. The minimum atomic E-state index is -1.76. The number of rotatable bonds is 5. The molecule has 0 spiro atoms. The van der Waals surface area contributed by atoms with E-state index in [1.54, 1.807) is 0 Å². The lowest BCUT2D eigenvalue weighted by molar-refractivity contribution is -0.164. The van der Waals surface area contributed by atoms with Gasteiger partial charge in [-0.05, 0) is 51.4 Å². The third-order valence-electron chi connectivity index (χ3n) is 6.21. The number of hydrogen-bond acceptors (Lipinski definition) is 7. The molecule has 2 unspecified atom stereocenters. The first kappa shape index (κ1) is 22.4. The van der Waals surface area contributed by atoms with Crippen molar-refractivity contribution >= 4 is 23.8 Å². The van der Waals surface area contributed by atoms with Gasteiger partial charge in [-0.3, -0.25) is 24.2 Å². The highest BCUT2D eigenvalue weighted by Crippen LogP contribution is 2.34. The summed E-state index contributed by atoms with van der Waals surface area (Å²) in [6.45, 7) is -0.729. The molecule has 0 bridgehead atoms. The van der Waals surface area contributed by atoms with Crippen molar-refractivity contribution in [3.8, 4) is 0 Å². The minimum absolute atomic E-state index is 0.179. The molecule has 0 aromatic rings. The first-order chi connectivity index (χ1) is 14.2. The number of aliphatic carboxylic acids is 1. The zero-order valence-electron chi connectivity index (χ0n) is 16.6. The fourth-order valence-electron chi connectivity index (χ4n) is 4.76. The first-order valence-electron chi connectivity index (χ1n) is 10.4. The van der Waals surface area contributed by atoms with Crippen LogP contribution in [0.3, 0.4) is 0 Å². The average Bonchev–Trinajstić information content (AvgIpc) is 2.66. The van der Waals surface area contributed by atoms with Crippen molar-refractivity contribution in [3.63, 3.8) is 0 Å². The third kappa shape index (κ3) is 4.57. The number of amides is 4. The molecule has 0 aromatic carbocycles. The smallest absolute Gasteiger partial charge is 0.329 e. The lowest BCUT2D eigenvalue weighted by Gasteiger charge is -2.49. The van der Waals surface area contributed by atoms with Gasteiger partial charge in [0.15, 0.2) is 12.1 Å². The van der Waals surface area contributed by atoms with Crippen molar-refractivity contribution in [1.29, 1.82) is 0 Å². The number of hydrogen-bond donors (Lipinski definition) is 5. The number of carboxylic acids is 1. The van der Waals surface area contributed by atoms with Crippen LogP contribution in [0.2, 0.25) is 0 Å². The van der Waals surface area contributed by atoms with E-state index < -0.39 is 66.8 Å². The van der Waals surface area contributed by atoms with Gasteiger partial charge >= 0.3 is 12.0 Å². The third-order valence-corrected chi connectivity index (χ3v) is 6.21. The van der Waals surface area contributed by atoms with E-state index in [9.17, 15) is 34.5 Å². The molecule has 6 atom stereocenters. The number of aliphatic hydroxyl groups excluding tert-OH is 3. The molecule has 1 heterocycles. The zero-order chi connectivity index (χ0) is 22.0. The number of carbonyl (C=O) groups excluding carboxylic acids is 3. The van der Waals surface area contributed by atoms with Crippen LogP contribution in [0.1, 0.15) is 51.4 Å². The van der Waals surface area contributed by atoms with Gasteiger partial charge in [-0.1, -0.05) is 0 Å². The van der Waals surface area contributed by atoms with Gasteiger partial charge in [-0.25, -0.2) is 4.79 Å². The van der Waals surface area contributed by atoms with E-state index in [0.717, 1.165) is 9.80 Å². The molecule has 4 amide bonds. The summed E-state index contributed by atoms with van der Waals surface area (Å²) in [6, 6.07) is -1.92. The van der Waals surface area contributed by atoms with Crippen LogP contribution < -0.4 is 5.32 Å². The topological polar surface area (TPSA) is 168 Å². The normalized spacial score (nSPS) is 35.3. The van der Waals surface area contributed by atoms with Crippen molar-refractivity contribution in [2.75, 3.05) is 6.54 Å². The lowest BCUT2D eigenvalue weighted by Crippen LogP contribution is -2.69. The summed E-state index contributed by atoms with van der Waals surface area (Å²) >= 11 is 0. The second-order valence-electron chi connectivity index (χ2n) is 8.35. The first-order valence-corrected chi connectivity index (χ1v) is 10.4. The van der Waals surface area contributed by atoms with Crippen molar-refractivity contribution in [2.45, 2.75) is 81.9 Å². The molecule has 0 aromatic heterocycles. The number of nitrogens with one attached hydrogen (secondary N) is 1. The number of nitrogens with zero attached hydrogens (tertiary/aromatic N) is 2.